The molecule has 4 aromatic carbocycles. The summed E-state index contributed by atoms with van der Waals surface area (Å²) in [5, 5.41) is 9.84. The lowest BCUT2D eigenvalue weighted by Crippen LogP contribution is -2.55. The predicted octanol–water partition coefficient (Wildman–Crippen LogP) is 19.2. The largest absolute Gasteiger partial charge is 0.515 e. The Morgan fingerprint density at radius 1 is 0.376 bits per heavy atom. The quantitative estimate of drug-likeness (QED) is 0.0383. The molecule has 1 N–H and O–H groups in total. The maximum Gasteiger partial charge on any atom is 0.264 e. The molecule has 149 heavy (non-hydrogen) atoms. The summed E-state index contributed by atoms with van der Waals surface area (Å²) in [5.41, 5.74) is 14.1. The minimum absolute atomic E-state index is 0.00865. The van der Waals surface area contributed by atoms with Gasteiger partial charge in [0.15, 0.2) is 70.2 Å². The molecule has 10 aliphatic rings. The lowest BCUT2D eigenvalue weighted by Gasteiger charge is -2.54. The highest BCUT2D eigenvalue weighted by Gasteiger charge is 2.61. The second-order valence-corrected chi connectivity index (χ2v) is 50.8. The van der Waals surface area contributed by atoms with Crippen molar-refractivity contribution in [1.82, 2.24) is 59.8 Å². The molecule has 0 amide bonds. The number of aliphatic hydroxyl groups excluding tert-OH is 1. The van der Waals surface area contributed by atoms with Gasteiger partial charge in [-0.25, -0.2) is 82.7 Å². The number of pyridine rings is 4. The molecule has 28 nitrogen and oxygen atoms in total. The van der Waals surface area contributed by atoms with Gasteiger partial charge in [-0.2, -0.15) is 8.42 Å². The fourth-order valence-electron chi connectivity index (χ4n) is 25.7. The molecule has 12 atom stereocenters. The molecule has 12 aromatic rings. The molecule has 36 heteroatoms. The minimum atomic E-state index is -3.63. The number of fused-ring (bicyclic) bond motifs is 12. The molecular formula is C113H120F4N12O16S4. The van der Waals surface area contributed by atoms with Crippen LogP contribution in [0.15, 0.2) is 182 Å². The molecule has 0 radical (unpaired) electrons. The zero-order valence-electron chi connectivity index (χ0n) is 85.2. The van der Waals surface area contributed by atoms with Crippen molar-refractivity contribution < 1.29 is 89.1 Å². The van der Waals surface area contributed by atoms with Crippen molar-refractivity contribution in [2.45, 2.75) is 209 Å². The summed E-state index contributed by atoms with van der Waals surface area (Å²) < 4.78 is 184. The van der Waals surface area contributed by atoms with E-state index in [1.54, 1.807) is 128 Å². The van der Waals surface area contributed by atoms with E-state index in [0.29, 0.717) is 190 Å². The van der Waals surface area contributed by atoms with Gasteiger partial charge in [-0.15, -0.1) is 0 Å². The Labute approximate surface area is 865 Å². The zero-order valence-corrected chi connectivity index (χ0v) is 88.5. The molecular weight excluding hydrogens is 1990 g/mol. The Balaban J connectivity index is 0.000000125. The third kappa shape index (κ3) is 20.9. The molecule has 8 aliphatic carbocycles. The van der Waals surface area contributed by atoms with Crippen molar-refractivity contribution in [2.75, 3.05) is 51.5 Å². The van der Waals surface area contributed by atoms with Crippen LogP contribution in [0.3, 0.4) is 0 Å². The summed E-state index contributed by atoms with van der Waals surface area (Å²) in [6, 6.07) is 40.2. The number of carbonyl (C=O) groups is 2. The number of hydrogen-bond donors (Lipinski definition) is 1. The first kappa shape index (κ1) is 105. The van der Waals surface area contributed by atoms with Crippen LogP contribution in [0, 0.1) is 70.6 Å². The van der Waals surface area contributed by atoms with Crippen LogP contribution < -0.4 is 0 Å². The summed E-state index contributed by atoms with van der Waals surface area (Å²) in [5.74, 6) is -0.576. The average Bonchev–Trinajstić information content (AvgIpc) is 1.65. The highest BCUT2D eigenvalue weighted by molar-refractivity contribution is 7.90. The first-order valence-corrected chi connectivity index (χ1v) is 58.6. The number of benzene rings is 4. The Bertz CT molecular complexity index is 7830. The van der Waals surface area contributed by atoms with Gasteiger partial charge in [0.25, 0.3) is 10.1 Å². The van der Waals surface area contributed by atoms with Crippen LogP contribution in [-0.4, -0.2) is 173 Å². The van der Waals surface area contributed by atoms with Crippen LogP contribution in [0.4, 0.5) is 17.6 Å². The predicted molar refractivity (Wildman–Crippen MR) is 554 cm³/mol. The molecule has 8 aromatic heterocycles. The fraction of sp³-hybridized carbons (Fsp3) is 0.434. The number of allylic oxidation sites excluding steroid dienone is 1. The van der Waals surface area contributed by atoms with Crippen LogP contribution in [0.5, 0.6) is 0 Å². The number of aromatic nitrogens is 12. The number of nitrogens with zero attached hydrogens (tertiary/aromatic N) is 12. The molecule has 2 saturated heterocycles. The molecule has 0 bridgehead atoms. The van der Waals surface area contributed by atoms with Crippen LogP contribution in [-0.2, 0) is 144 Å². The topological polar surface area (TPSA) is 392 Å². The fourth-order valence-corrected chi connectivity index (χ4v) is 28.1. The van der Waals surface area contributed by atoms with Gasteiger partial charge < -0.3 is 24.1 Å². The third-order valence-corrected chi connectivity index (χ3v) is 35.9. The molecule has 4 saturated carbocycles. The lowest BCUT2D eigenvalue weighted by atomic mass is 9.54. The zero-order chi connectivity index (χ0) is 106. The third-order valence-electron chi connectivity index (χ3n) is 32.9. The van der Waals surface area contributed by atoms with Gasteiger partial charge >= 0.3 is 0 Å². The first-order chi connectivity index (χ1) is 70.8. The molecule has 0 unspecified atom stereocenters. The van der Waals surface area contributed by atoms with Gasteiger partial charge in [0.2, 0.25) is 0 Å². The summed E-state index contributed by atoms with van der Waals surface area (Å²) >= 11 is 0. The number of hydrogen-bond acceptors (Lipinski definition) is 28. The average molecular weight is 2110 g/mol. The van der Waals surface area contributed by atoms with Gasteiger partial charge in [0, 0.05) is 180 Å². The number of rotatable bonds is 17. The maximum absolute atomic E-state index is 15.2. The molecule has 780 valence electrons. The molecule has 6 fully saturated rings. The number of ketones is 2. The minimum Gasteiger partial charge on any atom is -0.515 e. The summed E-state index contributed by atoms with van der Waals surface area (Å²) in [6.07, 6.45) is 22.4. The maximum atomic E-state index is 15.2. The van der Waals surface area contributed by atoms with E-state index in [1.807, 2.05) is 32.9 Å². The van der Waals surface area contributed by atoms with E-state index < -0.39 is 62.4 Å². The van der Waals surface area contributed by atoms with Crippen molar-refractivity contribution >= 4 is 51.2 Å². The smallest absolute Gasteiger partial charge is 0.264 e. The SMILES string of the molecule is C[C@@H]1[C@H]2CCc3c(-c4ccccc4F)nc(-c4ccnc(COS(C)(=O)=O)c4)nc3[C@]2(C)CCC12OCCO2.C[C@@H]1[C@H]2CCc3c(-c4ccccc4F)nc(-c4ccnc(CS(C)(=O)=O)c4)nc3[C@]2(C)CCC12OCCO2.C[C@H]1C(=O)/C(=C\O)C[C@@]2(C)c3nc(-c4ccnc(CS(C)(=O)=O)c4)nc(-c4ccccc4F)c3CC[C@H]12.C[C@H]1C(=O)CC[C@@]2(C)c3nc(-c4ccnc(CS(C)(=O)=O)c4)nc(-c4ccccc4F)c3CC[C@H]12. The van der Waals surface area contributed by atoms with Crippen LogP contribution in [0.2, 0.25) is 0 Å². The number of aliphatic hydroxyl groups is 1. The summed E-state index contributed by atoms with van der Waals surface area (Å²) in [4.78, 5) is 82.1. The van der Waals surface area contributed by atoms with Crippen molar-refractivity contribution in [3.8, 4) is 90.6 Å². The molecule has 2 aliphatic heterocycles. The van der Waals surface area contributed by atoms with Gasteiger partial charge in [-0.3, -0.25) is 33.7 Å². The van der Waals surface area contributed by atoms with Crippen LogP contribution >= 0.6 is 0 Å². The molecule has 22 rings (SSSR count). The van der Waals surface area contributed by atoms with E-state index in [2.05, 4.69) is 54.6 Å². The van der Waals surface area contributed by atoms with Crippen molar-refractivity contribution in [3.63, 3.8) is 0 Å². The first-order valence-electron chi connectivity index (χ1n) is 50.6. The summed E-state index contributed by atoms with van der Waals surface area (Å²) in [7, 11) is -13.5. The Hall–Kier alpha value is -12.0. The van der Waals surface area contributed by atoms with E-state index in [1.165, 1.54) is 43.0 Å². The van der Waals surface area contributed by atoms with E-state index in [4.69, 9.17) is 63.0 Å². The van der Waals surface area contributed by atoms with Crippen molar-refractivity contribution in [1.29, 1.82) is 0 Å². The number of halogens is 4. The molecule has 10 heterocycles. The highest BCUT2D eigenvalue weighted by Crippen LogP contribution is 2.62. The number of Topliss-reactive ketones (excluding diaryl/α,β-unsaturated/α-hetero) is 2. The van der Waals surface area contributed by atoms with Gasteiger partial charge in [-0.1, -0.05) is 104 Å². The second kappa shape index (κ2) is 41.0. The van der Waals surface area contributed by atoms with E-state index in [9.17, 15) is 52.8 Å². The Morgan fingerprint density at radius 2 is 0.671 bits per heavy atom. The van der Waals surface area contributed by atoms with Crippen LogP contribution in [0.25, 0.3) is 90.6 Å². The van der Waals surface area contributed by atoms with E-state index in [0.717, 1.165) is 122 Å². The van der Waals surface area contributed by atoms with Crippen molar-refractivity contribution in [2.24, 2.45) is 47.3 Å². The standard InChI is InChI=1S/C29H32FN3O5S.C29H32FN3O4S.C28H28FN3O4S.C27H28FN3O3S/c1-18-23-9-8-22-25(21-6-4-5-7-24(21)30)32-27(19-10-13-31-20(16-19)17-38-39(3,34)35)33-26(22)28(23,2)11-12-29(18)36-14-15-37-29;1-18-23-9-8-22-25(21-6-4-5-7-24(21)30)32-27(19-10-13-31-20(16-19)17-38(3,34)35)33-26(22)28(23,2)11-12-29(18)36-14-15-37-29;1-16-22-9-8-21-24(20-6-4-5-7-23(20)29)31-27(17-10-11-30-19(12-17)15-37(3,35)36)32-26(21)28(22,2)13-18(14-33)25(16)34;1-16-21-9-8-20-24(19-6-4-5-7-22(19)28)30-26(31-25(20)27(21,2)12-10-23(16)32)17-11-13-29-18(14-17)15-35(3,33)34/h4-7,10,13,16,18,23H,8-9,11-12,14-15,17H2,1-3H3;4-7,10,13,16,18,23H,8-9,11-12,14-15,17H2,1-3H3;4-7,10-12,14,16,22,33H,8-9,13,15H2,1-3H3;4-7,11,13-14,16,21H,8-10,12,15H2,1-3H3/b;;18-14-;/t2*18-,23-,28-;16-,22-,28-;16-,21-,27-/m1111/s1. The lowest BCUT2D eigenvalue weighted by molar-refractivity contribution is -0.234. The van der Waals surface area contributed by atoms with E-state index in [-0.39, 0.29) is 111 Å². The number of carbonyl (C=O) groups excluding carboxylic acids is 2. The summed E-state index contributed by atoms with van der Waals surface area (Å²) in [6.45, 7) is 19.3. The molecule has 2 spiro atoms. The van der Waals surface area contributed by atoms with E-state index >= 15 is 13.2 Å². The number of ether oxygens (including phenoxy) is 4. The highest BCUT2D eigenvalue weighted by atomic mass is 32.2. The second-order valence-electron chi connectivity index (χ2n) is 42.7. The Kier molecular flexibility index (Phi) is 29.0. The normalized spacial score (nSPS) is 25.2. The monoisotopic (exact) mass is 2100 g/mol. The van der Waals surface area contributed by atoms with Gasteiger partial charge in [0.1, 0.15) is 35.7 Å². The van der Waals surface area contributed by atoms with Crippen LogP contribution in [0.1, 0.15) is 194 Å². The van der Waals surface area contributed by atoms with Gasteiger partial charge in [0.05, 0.1) is 125 Å². The van der Waals surface area contributed by atoms with Crippen molar-refractivity contribution in [3.05, 3.63) is 273 Å². The Morgan fingerprint density at radius 3 is 0.987 bits per heavy atom. The number of sulfone groups is 3. The van der Waals surface area contributed by atoms with Gasteiger partial charge in [-0.05, 0) is 198 Å².